The minimum atomic E-state index is -0.108. The molecule has 1 aliphatic rings. The van der Waals surface area contributed by atoms with Gasteiger partial charge in [-0.1, -0.05) is 0 Å². The maximum absolute atomic E-state index is 12.7. The molecule has 0 bridgehead atoms. The Morgan fingerprint density at radius 3 is 3.00 bits per heavy atom. The molecule has 7 heteroatoms. The fourth-order valence-corrected chi connectivity index (χ4v) is 3.67. The van der Waals surface area contributed by atoms with Crippen LogP contribution in [0.25, 0.3) is 10.2 Å². The van der Waals surface area contributed by atoms with Gasteiger partial charge in [0, 0.05) is 20.1 Å². The number of carbonyl (C=O) groups is 1. The van der Waals surface area contributed by atoms with E-state index in [4.69, 9.17) is 4.74 Å². The van der Waals surface area contributed by atoms with Crippen LogP contribution >= 0.6 is 11.3 Å². The van der Waals surface area contributed by atoms with E-state index in [2.05, 4.69) is 4.98 Å². The van der Waals surface area contributed by atoms with Crippen molar-refractivity contribution in [2.45, 2.75) is 20.0 Å². The Hall–Kier alpha value is -1.73. The molecule has 2 aromatic rings. The third-order valence-electron chi connectivity index (χ3n) is 3.73. The highest BCUT2D eigenvalue weighted by molar-refractivity contribution is 7.20. The summed E-state index contributed by atoms with van der Waals surface area (Å²) in [7, 11) is 1.66. The lowest BCUT2D eigenvalue weighted by molar-refractivity contribution is -0.0122. The number of fused-ring (bicyclic) bond motifs is 1. The van der Waals surface area contributed by atoms with Gasteiger partial charge in [-0.3, -0.25) is 9.59 Å². The standard InChI is InChI=1S/C14H17N3O3S/c1-8-6-17(4-5-20-8)14(19)11-9(2)10-12(21-11)15-7-16(3)13(10)18/h7-8H,4-6H2,1-3H3. The summed E-state index contributed by atoms with van der Waals surface area (Å²) in [6.07, 6.45) is 1.54. The van der Waals surface area contributed by atoms with Crippen molar-refractivity contribution in [2.24, 2.45) is 7.05 Å². The second kappa shape index (κ2) is 5.23. The van der Waals surface area contributed by atoms with E-state index >= 15 is 0 Å². The molecule has 0 radical (unpaired) electrons. The van der Waals surface area contributed by atoms with Gasteiger partial charge < -0.3 is 14.2 Å². The number of rotatable bonds is 1. The number of carbonyl (C=O) groups excluding carboxylic acids is 1. The molecular formula is C14H17N3O3S. The van der Waals surface area contributed by atoms with Crippen molar-refractivity contribution in [2.75, 3.05) is 19.7 Å². The Balaban J connectivity index is 2.05. The summed E-state index contributed by atoms with van der Waals surface area (Å²) in [5.41, 5.74) is 0.621. The second-order valence-corrected chi connectivity index (χ2v) is 6.33. The molecule has 0 spiro atoms. The monoisotopic (exact) mass is 307 g/mol. The molecule has 1 aliphatic heterocycles. The molecule has 3 heterocycles. The van der Waals surface area contributed by atoms with E-state index in [0.717, 1.165) is 5.56 Å². The van der Waals surface area contributed by atoms with Gasteiger partial charge in [-0.05, 0) is 19.4 Å². The molecule has 6 nitrogen and oxygen atoms in total. The topological polar surface area (TPSA) is 64.4 Å². The largest absolute Gasteiger partial charge is 0.375 e. The highest BCUT2D eigenvalue weighted by atomic mass is 32.1. The molecule has 1 fully saturated rings. The smallest absolute Gasteiger partial charge is 0.264 e. The van der Waals surface area contributed by atoms with Gasteiger partial charge in [0.25, 0.3) is 11.5 Å². The van der Waals surface area contributed by atoms with E-state index in [9.17, 15) is 9.59 Å². The number of aromatic nitrogens is 2. The maximum Gasteiger partial charge on any atom is 0.264 e. The summed E-state index contributed by atoms with van der Waals surface area (Å²) in [6, 6.07) is 0. The van der Waals surface area contributed by atoms with Gasteiger partial charge in [-0.2, -0.15) is 0 Å². The van der Waals surface area contributed by atoms with Crippen LogP contribution in [0.4, 0.5) is 0 Å². The van der Waals surface area contributed by atoms with Crippen LogP contribution in [0.3, 0.4) is 0 Å². The van der Waals surface area contributed by atoms with Crippen molar-refractivity contribution in [1.82, 2.24) is 14.5 Å². The summed E-state index contributed by atoms with van der Waals surface area (Å²) in [5.74, 6) is -0.0345. The highest BCUT2D eigenvalue weighted by Gasteiger charge is 2.26. The number of amides is 1. The highest BCUT2D eigenvalue weighted by Crippen LogP contribution is 2.28. The molecule has 1 amide bonds. The van der Waals surface area contributed by atoms with E-state index in [1.165, 1.54) is 22.2 Å². The Morgan fingerprint density at radius 2 is 2.29 bits per heavy atom. The number of aryl methyl sites for hydroxylation is 2. The summed E-state index contributed by atoms with van der Waals surface area (Å²) in [6.45, 7) is 5.49. The first-order valence-electron chi connectivity index (χ1n) is 6.84. The lowest BCUT2D eigenvalue weighted by atomic mass is 10.2. The summed E-state index contributed by atoms with van der Waals surface area (Å²) in [4.78, 5) is 32.1. The zero-order chi connectivity index (χ0) is 15.1. The van der Waals surface area contributed by atoms with E-state index in [-0.39, 0.29) is 17.6 Å². The quantitative estimate of drug-likeness (QED) is 0.793. The molecular weight excluding hydrogens is 290 g/mol. The maximum atomic E-state index is 12.7. The minimum Gasteiger partial charge on any atom is -0.375 e. The van der Waals surface area contributed by atoms with Crippen molar-refractivity contribution in [1.29, 1.82) is 0 Å². The van der Waals surface area contributed by atoms with Crippen molar-refractivity contribution in [3.63, 3.8) is 0 Å². The fraction of sp³-hybridized carbons (Fsp3) is 0.500. The minimum absolute atomic E-state index is 0.0345. The Kier molecular flexibility index (Phi) is 3.54. The van der Waals surface area contributed by atoms with Gasteiger partial charge in [0.15, 0.2) is 0 Å². The molecule has 21 heavy (non-hydrogen) atoms. The Morgan fingerprint density at radius 1 is 1.52 bits per heavy atom. The number of morpholine rings is 1. The Bertz CT molecular complexity index is 765. The van der Waals surface area contributed by atoms with Gasteiger partial charge in [0.2, 0.25) is 0 Å². The van der Waals surface area contributed by atoms with E-state index in [1.807, 2.05) is 13.8 Å². The van der Waals surface area contributed by atoms with Crippen LogP contribution in [0.1, 0.15) is 22.2 Å². The molecule has 0 N–H and O–H groups in total. The molecule has 1 atom stereocenters. The summed E-state index contributed by atoms with van der Waals surface area (Å²) in [5, 5.41) is 0.551. The number of ether oxygens (including phenoxy) is 1. The van der Waals surface area contributed by atoms with E-state index in [1.54, 1.807) is 11.9 Å². The third-order valence-corrected chi connectivity index (χ3v) is 4.92. The number of thiophene rings is 1. The molecule has 1 unspecified atom stereocenters. The predicted octanol–water partition coefficient (Wildman–Crippen LogP) is 1.16. The van der Waals surface area contributed by atoms with Gasteiger partial charge in [-0.15, -0.1) is 11.3 Å². The molecule has 0 aliphatic carbocycles. The van der Waals surface area contributed by atoms with Gasteiger partial charge in [-0.25, -0.2) is 4.98 Å². The lowest BCUT2D eigenvalue weighted by Gasteiger charge is -2.31. The first-order valence-corrected chi connectivity index (χ1v) is 7.66. The predicted molar refractivity (Wildman–Crippen MR) is 80.9 cm³/mol. The van der Waals surface area contributed by atoms with Gasteiger partial charge >= 0.3 is 0 Å². The van der Waals surface area contributed by atoms with Crippen molar-refractivity contribution in [3.05, 3.63) is 27.1 Å². The van der Waals surface area contributed by atoms with Crippen LogP contribution in [0, 0.1) is 6.92 Å². The Labute approximate surface area is 126 Å². The lowest BCUT2D eigenvalue weighted by Crippen LogP contribution is -2.44. The molecule has 2 aromatic heterocycles. The van der Waals surface area contributed by atoms with Crippen LogP contribution in [-0.4, -0.2) is 46.2 Å². The van der Waals surface area contributed by atoms with Crippen LogP contribution in [0.2, 0.25) is 0 Å². The molecule has 0 aromatic carbocycles. The van der Waals surface area contributed by atoms with Gasteiger partial charge in [0.05, 0.1) is 29.3 Å². The first-order chi connectivity index (χ1) is 9.99. The van der Waals surface area contributed by atoms with Crippen molar-refractivity contribution < 1.29 is 9.53 Å². The van der Waals surface area contributed by atoms with E-state index < -0.39 is 0 Å². The molecule has 1 saturated heterocycles. The number of nitrogens with zero attached hydrogens (tertiary/aromatic N) is 3. The number of hydrogen-bond acceptors (Lipinski definition) is 5. The van der Waals surface area contributed by atoms with Gasteiger partial charge in [0.1, 0.15) is 4.83 Å². The first kappa shape index (κ1) is 14.2. The van der Waals surface area contributed by atoms with Crippen LogP contribution in [-0.2, 0) is 11.8 Å². The van der Waals surface area contributed by atoms with Crippen LogP contribution in [0.5, 0.6) is 0 Å². The zero-order valence-corrected chi connectivity index (χ0v) is 13.1. The normalized spacial score (nSPS) is 19.2. The molecule has 0 saturated carbocycles. The third kappa shape index (κ3) is 2.36. The molecule has 112 valence electrons. The second-order valence-electron chi connectivity index (χ2n) is 5.33. The summed E-state index contributed by atoms with van der Waals surface area (Å²) >= 11 is 1.29. The SMILES string of the molecule is Cc1c(C(=O)N2CCOC(C)C2)sc2ncn(C)c(=O)c12. The molecule has 3 rings (SSSR count). The van der Waals surface area contributed by atoms with Crippen molar-refractivity contribution >= 4 is 27.5 Å². The zero-order valence-electron chi connectivity index (χ0n) is 12.3. The van der Waals surface area contributed by atoms with E-state index in [0.29, 0.717) is 34.8 Å². The average Bonchev–Trinajstić information content (AvgIpc) is 2.80. The van der Waals surface area contributed by atoms with Crippen LogP contribution < -0.4 is 5.56 Å². The van der Waals surface area contributed by atoms with Crippen molar-refractivity contribution in [3.8, 4) is 0 Å². The number of hydrogen-bond donors (Lipinski definition) is 0. The average molecular weight is 307 g/mol. The summed E-state index contributed by atoms with van der Waals surface area (Å²) < 4.78 is 6.90. The fourth-order valence-electron chi connectivity index (χ4n) is 2.56. The van der Waals surface area contributed by atoms with Crippen LogP contribution in [0.15, 0.2) is 11.1 Å².